The van der Waals surface area contributed by atoms with Gasteiger partial charge in [-0.15, -0.1) is 6.58 Å². The van der Waals surface area contributed by atoms with Crippen molar-refractivity contribution >= 4 is 17.8 Å². The predicted octanol–water partition coefficient (Wildman–Crippen LogP) is 0.331. The van der Waals surface area contributed by atoms with E-state index in [0.717, 1.165) is 11.0 Å². The molecule has 84 valence electrons. The molecule has 2 atom stereocenters. The Kier molecular flexibility index (Phi) is 2.18. The number of likely N-dealkylation sites (tertiary alicyclic amines) is 1. The number of carboxylic acid groups (broad SMARTS) is 1. The van der Waals surface area contributed by atoms with Gasteiger partial charge >= 0.3 is 5.97 Å². The van der Waals surface area contributed by atoms with E-state index < -0.39 is 23.8 Å². The van der Waals surface area contributed by atoms with E-state index in [1.165, 1.54) is 0 Å². The fourth-order valence-electron chi connectivity index (χ4n) is 2.16. The minimum atomic E-state index is -1.27. The molecule has 0 aromatic rings. The molecule has 2 aliphatic rings. The predicted molar refractivity (Wildman–Crippen MR) is 54.3 cm³/mol. The summed E-state index contributed by atoms with van der Waals surface area (Å²) in [7, 11) is 0. The van der Waals surface area contributed by atoms with Crippen LogP contribution in [-0.2, 0) is 14.4 Å². The van der Waals surface area contributed by atoms with Crippen LogP contribution in [0.2, 0.25) is 0 Å². The maximum atomic E-state index is 11.8. The summed E-state index contributed by atoms with van der Waals surface area (Å²) in [6, 6.07) is -1.27. The maximum absolute atomic E-state index is 11.8. The third-order valence-electron chi connectivity index (χ3n) is 3.01. The lowest BCUT2D eigenvalue weighted by Gasteiger charge is -2.20. The third kappa shape index (κ3) is 1.14. The summed E-state index contributed by atoms with van der Waals surface area (Å²) in [6.07, 6.45) is 1.65. The molecule has 16 heavy (non-hydrogen) atoms. The molecule has 0 aromatic heterocycles. The van der Waals surface area contributed by atoms with Gasteiger partial charge in [0.1, 0.15) is 0 Å². The SMILES string of the molecule is C=CC(C(=O)O)N1C(=O)C2=C(C1=O)C(C)C2. The quantitative estimate of drug-likeness (QED) is 0.550. The number of carboxylic acids is 1. The van der Waals surface area contributed by atoms with Crippen molar-refractivity contribution in [2.24, 2.45) is 5.92 Å². The molecule has 1 aliphatic carbocycles. The van der Waals surface area contributed by atoms with E-state index in [-0.39, 0.29) is 5.92 Å². The Balaban J connectivity index is 2.34. The second-order valence-electron chi connectivity index (χ2n) is 4.00. The highest BCUT2D eigenvalue weighted by atomic mass is 16.4. The van der Waals surface area contributed by atoms with Gasteiger partial charge in [-0.1, -0.05) is 13.0 Å². The number of carbonyl (C=O) groups excluding carboxylic acids is 2. The molecule has 0 spiro atoms. The lowest BCUT2D eigenvalue weighted by molar-refractivity contribution is -0.151. The van der Waals surface area contributed by atoms with Crippen LogP contribution in [0.3, 0.4) is 0 Å². The number of aliphatic carboxylic acids is 1. The molecule has 0 aromatic carbocycles. The molecule has 2 unspecified atom stereocenters. The molecule has 1 aliphatic heterocycles. The summed E-state index contributed by atoms with van der Waals surface area (Å²) in [5, 5.41) is 8.89. The van der Waals surface area contributed by atoms with Gasteiger partial charge in [-0.25, -0.2) is 4.79 Å². The average molecular weight is 221 g/mol. The van der Waals surface area contributed by atoms with Crippen molar-refractivity contribution in [3.8, 4) is 0 Å². The number of carbonyl (C=O) groups is 3. The van der Waals surface area contributed by atoms with E-state index in [0.29, 0.717) is 17.6 Å². The minimum Gasteiger partial charge on any atom is -0.479 e. The van der Waals surface area contributed by atoms with Crippen molar-refractivity contribution in [3.05, 3.63) is 23.8 Å². The maximum Gasteiger partial charge on any atom is 0.330 e. The molecule has 1 heterocycles. The van der Waals surface area contributed by atoms with Crippen molar-refractivity contribution in [1.82, 2.24) is 4.90 Å². The highest BCUT2D eigenvalue weighted by Crippen LogP contribution is 2.42. The summed E-state index contributed by atoms with van der Waals surface area (Å²) in [5.41, 5.74) is 0.934. The largest absolute Gasteiger partial charge is 0.479 e. The van der Waals surface area contributed by atoms with Crippen LogP contribution in [0.4, 0.5) is 0 Å². The Labute approximate surface area is 92.0 Å². The van der Waals surface area contributed by atoms with Crippen LogP contribution in [0.25, 0.3) is 0 Å². The van der Waals surface area contributed by atoms with Gasteiger partial charge in [-0.3, -0.25) is 14.5 Å². The standard InChI is InChI=1S/C11H11NO4/c1-3-7(11(15)16)12-9(13)6-4-5(2)8(6)10(12)14/h3,5,7H,1,4H2,2H3,(H,15,16). The molecule has 0 saturated heterocycles. The van der Waals surface area contributed by atoms with E-state index in [9.17, 15) is 14.4 Å². The number of imide groups is 1. The van der Waals surface area contributed by atoms with Crippen molar-refractivity contribution in [3.63, 3.8) is 0 Å². The number of rotatable bonds is 3. The lowest BCUT2D eigenvalue weighted by Crippen LogP contribution is -2.44. The second-order valence-corrected chi connectivity index (χ2v) is 4.00. The monoisotopic (exact) mass is 221 g/mol. The van der Waals surface area contributed by atoms with E-state index in [2.05, 4.69) is 6.58 Å². The molecule has 0 radical (unpaired) electrons. The van der Waals surface area contributed by atoms with Crippen molar-refractivity contribution in [2.45, 2.75) is 19.4 Å². The summed E-state index contributed by atoms with van der Waals surface area (Å²) >= 11 is 0. The first-order chi connectivity index (χ1) is 7.49. The molecule has 2 amide bonds. The molecule has 5 nitrogen and oxygen atoms in total. The minimum absolute atomic E-state index is 0.0516. The fourth-order valence-corrected chi connectivity index (χ4v) is 2.16. The first-order valence-corrected chi connectivity index (χ1v) is 4.95. The number of hydrogen-bond donors (Lipinski definition) is 1. The summed E-state index contributed by atoms with van der Waals surface area (Å²) in [4.78, 5) is 35.3. The Morgan fingerprint density at radius 3 is 2.56 bits per heavy atom. The van der Waals surface area contributed by atoms with Gasteiger partial charge < -0.3 is 5.11 Å². The van der Waals surface area contributed by atoms with Crippen LogP contribution < -0.4 is 0 Å². The molecule has 0 fully saturated rings. The molecule has 0 bridgehead atoms. The molecule has 2 rings (SSSR count). The van der Waals surface area contributed by atoms with Gasteiger partial charge in [0, 0.05) is 11.1 Å². The van der Waals surface area contributed by atoms with E-state index in [1.807, 2.05) is 6.92 Å². The zero-order valence-electron chi connectivity index (χ0n) is 8.77. The van der Waals surface area contributed by atoms with Gasteiger partial charge in [0.2, 0.25) is 0 Å². The zero-order chi connectivity index (χ0) is 12.0. The van der Waals surface area contributed by atoms with Gasteiger partial charge in [0.15, 0.2) is 6.04 Å². The van der Waals surface area contributed by atoms with Crippen LogP contribution >= 0.6 is 0 Å². The highest BCUT2D eigenvalue weighted by molar-refractivity contribution is 6.23. The van der Waals surface area contributed by atoms with Crippen LogP contribution in [0, 0.1) is 5.92 Å². The summed E-state index contributed by atoms with van der Waals surface area (Å²) < 4.78 is 0. The second kappa shape index (κ2) is 3.30. The van der Waals surface area contributed by atoms with Crippen LogP contribution in [0.15, 0.2) is 23.8 Å². The Morgan fingerprint density at radius 2 is 2.19 bits per heavy atom. The third-order valence-corrected chi connectivity index (χ3v) is 3.01. The Morgan fingerprint density at radius 1 is 1.56 bits per heavy atom. The Bertz CT molecular complexity index is 449. The summed E-state index contributed by atoms with van der Waals surface area (Å²) in [6.45, 7) is 5.18. The lowest BCUT2D eigenvalue weighted by atomic mass is 9.80. The van der Waals surface area contributed by atoms with Crippen molar-refractivity contribution in [2.75, 3.05) is 0 Å². The Hall–Kier alpha value is -1.91. The molecular formula is C11H11NO4. The van der Waals surface area contributed by atoms with Crippen LogP contribution in [-0.4, -0.2) is 33.8 Å². The van der Waals surface area contributed by atoms with Crippen LogP contribution in [0.1, 0.15) is 13.3 Å². The topological polar surface area (TPSA) is 74.7 Å². The average Bonchev–Trinajstić information content (AvgIpc) is 2.37. The first kappa shape index (κ1) is 10.6. The van der Waals surface area contributed by atoms with E-state index >= 15 is 0 Å². The molecule has 0 saturated carbocycles. The zero-order valence-corrected chi connectivity index (χ0v) is 8.77. The van der Waals surface area contributed by atoms with E-state index in [1.54, 1.807) is 0 Å². The first-order valence-electron chi connectivity index (χ1n) is 4.95. The molecule has 5 heteroatoms. The number of hydrogen-bond acceptors (Lipinski definition) is 3. The van der Waals surface area contributed by atoms with Gasteiger partial charge in [-0.2, -0.15) is 0 Å². The fraction of sp³-hybridized carbons (Fsp3) is 0.364. The summed E-state index contributed by atoms with van der Waals surface area (Å²) in [5.74, 6) is -2.15. The van der Waals surface area contributed by atoms with Crippen molar-refractivity contribution in [1.29, 1.82) is 0 Å². The number of nitrogens with zero attached hydrogens (tertiary/aromatic N) is 1. The highest BCUT2D eigenvalue weighted by Gasteiger charge is 2.49. The smallest absolute Gasteiger partial charge is 0.330 e. The normalized spacial score (nSPS) is 25.3. The molecular weight excluding hydrogens is 210 g/mol. The van der Waals surface area contributed by atoms with E-state index in [4.69, 9.17) is 5.11 Å². The molecule has 1 N–H and O–H groups in total. The van der Waals surface area contributed by atoms with Crippen molar-refractivity contribution < 1.29 is 19.5 Å². The van der Waals surface area contributed by atoms with Crippen LogP contribution in [0.5, 0.6) is 0 Å². The van der Waals surface area contributed by atoms with Gasteiger partial charge in [0.25, 0.3) is 11.8 Å². The van der Waals surface area contributed by atoms with Gasteiger partial charge in [0.05, 0.1) is 0 Å². The number of amides is 2. The van der Waals surface area contributed by atoms with Gasteiger partial charge in [-0.05, 0) is 12.3 Å².